The van der Waals surface area contributed by atoms with E-state index in [9.17, 15) is 9.59 Å². The molecule has 0 bridgehead atoms. The Labute approximate surface area is 223 Å². The molecule has 2 heterocycles. The fourth-order valence-corrected chi connectivity index (χ4v) is 4.83. The lowest BCUT2D eigenvalue weighted by molar-refractivity contribution is -0.139. The number of amides is 2. The molecule has 0 fully saturated rings. The zero-order chi connectivity index (χ0) is 26.5. The van der Waals surface area contributed by atoms with E-state index in [2.05, 4.69) is 15.6 Å². The molecular formula is C28H26N6O3S. The second kappa shape index (κ2) is 11.2. The van der Waals surface area contributed by atoms with Gasteiger partial charge in [-0.25, -0.2) is 9.67 Å². The van der Waals surface area contributed by atoms with Crippen LogP contribution in [0, 0.1) is 0 Å². The third kappa shape index (κ3) is 5.55. The van der Waals surface area contributed by atoms with Gasteiger partial charge in [0.15, 0.2) is 0 Å². The first-order valence-electron chi connectivity index (χ1n) is 12.0. The quantitative estimate of drug-likeness (QED) is 0.301. The lowest BCUT2D eigenvalue weighted by atomic mass is 10.2. The van der Waals surface area contributed by atoms with Crippen LogP contribution in [0.1, 0.15) is 11.9 Å². The van der Waals surface area contributed by atoms with Gasteiger partial charge in [0.25, 0.3) is 0 Å². The van der Waals surface area contributed by atoms with Gasteiger partial charge in [-0.2, -0.15) is 0 Å². The van der Waals surface area contributed by atoms with Gasteiger partial charge in [-0.3, -0.25) is 9.59 Å². The second-order valence-electron chi connectivity index (χ2n) is 8.64. The van der Waals surface area contributed by atoms with Gasteiger partial charge in [0, 0.05) is 16.6 Å². The maximum absolute atomic E-state index is 13.6. The van der Waals surface area contributed by atoms with Crippen LogP contribution in [0.4, 0.5) is 5.69 Å². The smallest absolute Gasteiger partial charge is 0.246 e. The van der Waals surface area contributed by atoms with Crippen molar-refractivity contribution in [3.8, 4) is 17.0 Å². The number of methoxy groups -OCH3 is 1. The molecule has 2 amide bonds. The van der Waals surface area contributed by atoms with Crippen molar-refractivity contribution in [2.45, 2.75) is 26.1 Å². The molecule has 1 unspecified atom stereocenters. The van der Waals surface area contributed by atoms with Gasteiger partial charge >= 0.3 is 0 Å². The molecule has 1 N–H and O–H groups in total. The van der Waals surface area contributed by atoms with E-state index < -0.39 is 6.04 Å². The van der Waals surface area contributed by atoms with Crippen LogP contribution < -0.4 is 10.1 Å². The number of rotatable bonds is 9. The van der Waals surface area contributed by atoms with E-state index in [4.69, 9.17) is 9.72 Å². The topological polar surface area (TPSA) is 102 Å². The van der Waals surface area contributed by atoms with Gasteiger partial charge in [0.2, 0.25) is 11.8 Å². The summed E-state index contributed by atoms with van der Waals surface area (Å²) in [5, 5.41) is 13.9. The van der Waals surface area contributed by atoms with Gasteiger partial charge in [0.1, 0.15) is 28.9 Å². The number of ether oxygens (including phenoxy) is 1. The van der Waals surface area contributed by atoms with E-state index in [1.165, 1.54) is 16.2 Å². The second-order valence-corrected chi connectivity index (χ2v) is 9.59. The summed E-state index contributed by atoms with van der Waals surface area (Å²) in [4.78, 5) is 33.2. The van der Waals surface area contributed by atoms with Gasteiger partial charge in [-0.1, -0.05) is 47.7 Å². The minimum atomic E-state index is -0.775. The van der Waals surface area contributed by atoms with Crippen molar-refractivity contribution in [1.82, 2.24) is 24.9 Å². The van der Waals surface area contributed by atoms with Crippen LogP contribution >= 0.6 is 11.3 Å². The van der Waals surface area contributed by atoms with E-state index in [0.717, 1.165) is 21.8 Å². The van der Waals surface area contributed by atoms with Crippen molar-refractivity contribution in [2.75, 3.05) is 12.4 Å². The van der Waals surface area contributed by atoms with Crippen LogP contribution in [0.25, 0.3) is 22.3 Å². The Hall–Kier alpha value is -4.57. The van der Waals surface area contributed by atoms with Gasteiger partial charge in [0.05, 0.1) is 24.9 Å². The van der Waals surface area contributed by atoms with Crippen LogP contribution in [0.5, 0.6) is 5.75 Å². The van der Waals surface area contributed by atoms with E-state index in [0.29, 0.717) is 17.0 Å². The average Bonchev–Trinajstić information content (AvgIpc) is 3.59. The van der Waals surface area contributed by atoms with Crippen molar-refractivity contribution in [1.29, 1.82) is 0 Å². The summed E-state index contributed by atoms with van der Waals surface area (Å²) in [5.74, 6) is 0.104. The molecule has 38 heavy (non-hydrogen) atoms. The molecule has 0 saturated carbocycles. The summed E-state index contributed by atoms with van der Waals surface area (Å²) < 4.78 is 6.74. The van der Waals surface area contributed by atoms with Crippen molar-refractivity contribution in [2.24, 2.45) is 0 Å². The molecule has 10 heteroatoms. The van der Waals surface area contributed by atoms with Crippen LogP contribution in [0.3, 0.4) is 0 Å². The fraction of sp³-hybridized carbons (Fsp3) is 0.179. The first kappa shape index (κ1) is 25.1. The summed E-state index contributed by atoms with van der Waals surface area (Å²) in [6, 6.07) is 23.5. The predicted octanol–water partition coefficient (Wildman–Crippen LogP) is 4.62. The Morgan fingerprint density at radius 1 is 1.03 bits per heavy atom. The molecule has 0 saturated heterocycles. The third-order valence-electron chi connectivity index (χ3n) is 6.16. The highest BCUT2D eigenvalue weighted by Gasteiger charge is 2.28. The first-order chi connectivity index (χ1) is 18.5. The molecule has 192 valence electrons. The van der Waals surface area contributed by atoms with Gasteiger partial charge in [-0.05, 0) is 43.3 Å². The van der Waals surface area contributed by atoms with Crippen molar-refractivity contribution >= 4 is 39.9 Å². The number of hydrogen-bond acceptors (Lipinski definition) is 7. The molecule has 0 aliphatic heterocycles. The van der Waals surface area contributed by atoms with E-state index in [1.807, 2.05) is 60.0 Å². The maximum Gasteiger partial charge on any atom is 0.246 e. The van der Waals surface area contributed by atoms with Crippen LogP contribution in [0.2, 0.25) is 0 Å². The van der Waals surface area contributed by atoms with Crippen molar-refractivity contribution in [3.63, 3.8) is 0 Å². The summed E-state index contributed by atoms with van der Waals surface area (Å²) in [7, 11) is 1.58. The summed E-state index contributed by atoms with van der Waals surface area (Å²) in [6.07, 6.45) is 0. The minimum absolute atomic E-state index is 0.0579. The van der Waals surface area contributed by atoms with E-state index in [-0.39, 0.29) is 24.9 Å². The Balaban J connectivity index is 1.39. The normalized spacial score (nSPS) is 11.7. The Morgan fingerprint density at radius 2 is 1.76 bits per heavy atom. The SMILES string of the molecule is COc1ccc(NC(=O)C(C)N(Cc2nc(-c3ccccc3)cs2)C(=O)Cn2nnc3ccccc32)cc1. The van der Waals surface area contributed by atoms with Gasteiger partial charge in [-0.15, -0.1) is 16.4 Å². The number of thiazole rings is 1. The van der Waals surface area contributed by atoms with Crippen LogP contribution in [-0.4, -0.2) is 49.8 Å². The first-order valence-corrected chi connectivity index (χ1v) is 12.9. The number of fused-ring (bicyclic) bond motifs is 1. The molecule has 2 aromatic heterocycles. The number of carbonyl (C=O) groups excluding carboxylic acids is 2. The standard InChI is InChI=1S/C28H26N6O3S/c1-19(28(36)29-21-12-14-22(37-2)15-13-21)33(16-26-30-24(18-38-26)20-8-4-3-5-9-20)27(35)17-34-25-11-7-6-10-23(25)31-32-34/h3-15,18-19H,16-17H2,1-2H3,(H,29,36). The average molecular weight is 527 g/mol. The molecule has 3 aromatic carbocycles. The predicted molar refractivity (Wildman–Crippen MR) is 147 cm³/mol. The summed E-state index contributed by atoms with van der Waals surface area (Å²) in [6.45, 7) is 1.83. The Morgan fingerprint density at radius 3 is 2.53 bits per heavy atom. The number of para-hydroxylation sites is 1. The minimum Gasteiger partial charge on any atom is -0.497 e. The number of nitrogens with zero attached hydrogens (tertiary/aromatic N) is 5. The Kier molecular flexibility index (Phi) is 7.41. The number of carbonyl (C=O) groups is 2. The van der Waals surface area contributed by atoms with E-state index in [1.54, 1.807) is 43.0 Å². The number of aromatic nitrogens is 4. The molecule has 0 aliphatic carbocycles. The molecule has 0 spiro atoms. The third-order valence-corrected chi connectivity index (χ3v) is 6.99. The lowest BCUT2D eigenvalue weighted by Gasteiger charge is -2.28. The highest BCUT2D eigenvalue weighted by molar-refractivity contribution is 7.09. The number of anilines is 1. The van der Waals surface area contributed by atoms with Gasteiger partial charge < -0.3 is 15.0 Å². The number of nitrogens with one attached hydrogen (secondary N) is 1. The molecule has 1 atom stereocenters. The zero-order valence-corrected chi connectivity index (χ0v) is 21.8. The monoisotopic (exact) mass is 526 g/mol. The molecule has 0 aliphatic rings. The molecule has 5 aromatic rings. The van der Waals surface area contributed by atoms with Crippen molar-refractivity contribution < 1.29 is 14.3 Å². The van der Waals surface area contributed by atoms with E-state index >= 15 is 0 Å². The lowest BCUT2D eigenvalue weighted by Crippen LogP contribution is -2.46. The molecule has 0 radical (unpaired) electrons. The zero-order valence-electron chi connectivity index (χ0n) is 20.9. The number of benzene rings is 3. The fourth-order valence-electron chi connectivity index (χ4n) is 4.03. The van der Waals surface area contributed by atoms with Crippen LogP contribution in [-0.2, 0) is 22.7 Å². The maximum atomic E-state index is 13.6. The highest BCUT2D eigenvalue weighted by Crippen LogP contribution is 2.24. The molecule has 5 rings (SSSR count). The number of hydrogen-bond donors (Lipinski definition) is 1. The molecule has 9 nitrogen and oxygen atoms in total. The summed E-state index contributed by atoms with van der Waals surface area (Å²) in [5.41, 5.74) is 3.88. The Bertz CT molecular complexity index is 1550. The molecular weight excluding hydrogens is 500 g/mol. The van der Waals surface area contributed by atoms with Crippen LogP contribution in [0.15, 0.2) is 84.2 Å². The highest BCUT2D eigenvalue weighted by atomic mass is 32.1. The largest absolute Gasteiger partial charge is 0.497 e. The van der Waals surface area contributed by atoms with Crippen molar-refractivity contribution in [3.05, 3.63) is 89.3 Å². The summed E-state index contributed by atoms with van der Waals surface area (Å²) >= 11 is 1.45.